The Bertz CT molecular complexity index is 294. The number of rotatable bonds is 3. The van der Waals surface area contributed by atoms with Gasteiger partial charge in [0.05, 0.1) is 12.3 Å². The number of aromatic nitrogens is 2. The van der Waals surface area contributed by atoms with E-state index in [0.717, 1.165) is 11.5 Å². The maximum Gasteiger partial charge on any atom is 0.150 e. The number of hydrogen-bond donors (Lipinski definition) is 1. The zero-order valence-corrected chi connectivity index (χ0v) is 8.97. The van der Waals surface area contributed by atoms with E-state index in [0.29, 0.717) is 17.5 Å². The molecule has 0 unspecified atom stereocenters. The first kappa shape index (κ1) is 10.5. The predicted octanol–water partition coefficient (Wildman–Crippen LogP) is 1.73. The lowest BCUT2D eigenvalue weighted by Crippen LogP contribution is -2.05. The fourth-order valence-corrected chi connectivity index (χ4v) is 1.91. The molecule has 0 aliphatic carbocycles. The minimum Gasteiger partial charge on any atom is -0.396 e. The van der Waals surface area contributed by atoms with Crippen LogP contribution in [0, 0.1) is 0 Å². The van der Waals surface area contributed by atoms with Crippen molar-refractivity contribution >= 4 is 11.6 Å². The van der Waals surface area contributed by atoms with Crippen LogP contribution >= 0.6 is 11.6 Å². The van der Waals surface area contributed by atoms with Crippen molar-refractivity contribution in [3.05, 3.63) is 16.7 Å². The molecule has 13 heavy (non-hydrogen) atoms. The van der Waals surface area contributed by atoms with Gasteiger partial charge in [0.1, 0.15) is 5.82 Å². The largest absolute Gasteiger partial charge is 0.396 e. The van der Waals surface area contributed by atoms with Gasteiger partial charge in [-0.3, -0.25) is 0 Å². The maximum atomic E-state index is 8.79. The van der Waals surface area contributed by atoms with Gasteiger partial charge in [-0.1, -0.05) is 25.4 Å². The first-order valence-electron chi connectivity index (χ1n) is 4.39. The second-order valence-corrected chi connectivity index (χ2v) is 3.75. The molecule has 74 valence electrons. The smallest absolute Gasteiger partial charge is 0.150 e. The van der Waals surface area contributed by atoms with Gasteiger partial charge in [0.25, 0.3) is 0 Å². The summed E-state index contributed by atoms with van der Waals surface area (Å²) in [6.45, 7) is 4.26. The summed E-state index contributed by atoms with van der Waals surface area (Å²) in [4.78, 5) is 4.19. The highest BCUT2D eigenvalue weighted by atomic mass is 35.5. The molecular formula is C9H15ClN2O. The third kappa shape index (κ3) is 2.03. The average molecular weight is 203 g/mol. The Kier molecular flexibility index (Phi) is 3.33. The molecule has 1 heterocycles. The Morgan fingerprint density at radius 2 is 2.15 bits per heavy atom. The van der Waals surface area contributed by atoms with Crippen LogP contribution in [0.1, 0.15) is 31.3 Å². The Balaban J connectivity index is 3.07. The van der Waals surface area contributed by atoms with Crippen LogP contribution in [0.4, 0.5) is 0 Å². The molecule has 1 rings (SSSR count). The number of hydrogen-bond acceptors (Lipinski definition) is 2. The van der Waals surface area contributed by atoms with Crippen LogP contribution in [0.15, 0.2) is 0 Å². The van der Waals surface area contributed by atoms with E-state index in [4.69, 9.17) is 16.7 Å². The van der Waals surface area contributed by atoms with Crippen molar-refractivity contribution < 1.29 is 5.11 Å². The highest BCUT2D eigenvalue weighted by Gasteiger charge is 2.14. The summed E-state index contributed by atoms with van der Waals surface area (Å²) in [5.74, 6) is 1.20. The maximum absolute atomic E-state index is 8.79. The molecule has 0 spiro atoms. The third-order valence-electron chi connectivity index (χ3n) is 2.07. The van der Waals surface area contributed by atoms with E-state index in [-0.39, 0.29) is 6.61 Å². The number of halogens is 1. The molecular weight excluding hydrogens is 188 g/mol. The minimum absolute atomic E-state index is 0.110. The third-order valence-corrected chi connectivity index (χ3v) is 2.35. The van der Waals surface area contributed by atoms with Crippen molar-refractivity contribution in [3.8, 4) is 0 Å². The molecule has 0 aliphatic rings. The molecule has 0 fully saturated rings. The molecule has 0 atom stereocenters. The van der Waals surface area contributed by atoms with Gasteiger partial charge >= 0.3 is 0 Å². The number of imidazole rings is 1. The molecule has 1 N–H and O–H groups in total. The Hall–Kier alpha value is -0.540. The van der Waals surface area contributed by atoms with Crippen LogP contribution in [0.25, 0.3) is 0 Å². The van der Waals surface area contributed by atoms with Crippen LogP contribution < -0.4 is 0 Å². The van der Waals surface area contributed by atoms with Gasteiger partial charge in [-0.15, -0.1) is 0 Å². The van der Waals surface area contributed by atoms with Gasteiger partial charge in [-0.05, 0) is 5.92 Å². The zero-order chi connectivity index (χ0) is 10.0. The summed E-state index contributed by atoms with van der Waals surface area (Å²) >= 11 is 5.97. The van der Waals surface area contributed by atoms with Crippen molar-refractivity contribution in [2.24, 2.45) is 7.05 Å². The van der Waals surface area contributed by atoms with E-state index < -0.39 is 0 Å². The molecule has 0 saturated heterocycles. The van der Waals surface area contributed by atoms with Crippen molar-refractivity contribution in [2.45, 2.75) is 26.2 Å². The van der Waals surface area contributed by atoms with E-state index in [1.165, 1.54) is 0 Å². The Labute approximate surface area is 83.4 Å². The molecule has 0 aliphatic heterocycles. The summed E-state index contributed by atoms with van der Waals surface area (Å²) in [5, 5.41) is 9.34. The topological polar surface area (TPSA) is 38.1 Å². The van der Waals surface area contributed by atoms with E-state index in [2.05, 4.69) is 18.8 Å². The van der Waals surface area contributed by atoms with Crippen molar-refractivity contribution in [2.75, 3.05) is 6.61 Å². The zero-order valence-electron chi connectivity index (χ0n) is 8.21. The highest BCUT2D eigenvalue weighted by Crippen LogP contribution is 2.24. The standard InChI is InChI=1S/C9H15ClN2O/c1-6(2)8-9(10)11-7(4-5-13)12(8)3/h6,13H,4-5H2,1-3H3. The number of nitrogens with zero attached hydrogens (tertiary/aromatic N) is 2. The number of aliphatic hydroxyl groups excluding tert-OH is 1. The fourth-order valence-electron chi connectivity index (χ4n) is 1.47. The summed E-state index contributed by atoms with van der Waals surface area (Å²) in [5.41, 5.74) is 1.03. The molecule has 0 radical (unpaired) electrons. The van der Waals surface area contributed by atoms with Crippen molar-refractivity contribution in [3.63, 3.8) is 0 Å². The lowest BCUT2D eigenvalue weighted by molar-refractivity contribution is 0.295. The summed E-state index contributed by atoms with van der Waals surface area (Å²) in [6, 6.07) is 0. The minimum atomic E-state index is 0.110. The molecule has 3 nitrogen and oxygen atoms in total. The molecule has 0 amide bonds. The Morgan fingerprint density at radius 3 is 2.54 bits per heavy atom. The first-order chi connectivity index (χ1) is 6.07. The van der Waals surface area contributed by atoms with E-state index in [1.54, 1.807) is 0 Å². The van der Waals surface area contributed by atoms with Gasteiger partial charge in [0.15, 0.2) is 5.15 Å². The molecule has 0 saturated carbocycles. The van der Waals surface area contributed by atoms with E-state index >= 15 is 0 Å². The monoisotopic (exact) mass is 202 g/mol. The predicted molar refractivity (Wildman–Crippen MR) is 53.1 cm³/mol. The molecule has 0 aromatic carbocycles. The summed E-state index contributed by atoms with van der Waals surface area (Å²) in [7, 11) is 1.93. The highest BCUT2D eigenvalue weighted by molar-refractivity contribution is 6.30. The average Bonchev–Trinajstić information content (AvgIpc) is 2.28. The van der Waals surface area contributed by atoms with Crippen LogP contribution in [-0.2, 0) is 13.5 Å². The lowest BCUT2D eigenvalue weighted by Gasteiger charge is -2.07. The first-order valence-corrected chi connectivity index (χ1v) is 4.77. The fraction of sp³-hybridized carbons (Fsp3) is 0.667. The molecule has 0 bridgehead atoms. The van der Waals surface area contributed by atoms with Crippen molar-refractivity contribution in [1.82, 2.24) is 9.55 Å². The van der Waals surface area contributed by atoms with Crippen LogP contribution in [0.3, 0.4) is 0 Å². The lowest BCUT2D eigenvalue weighted by atomic mass is 10.1. The van der Waals surface area contributed by atoms with Crippen LogP contribution in [-0.4, -0.2) is 21.3 Å². The summed E-state index contributed by atoms with van der Waals surface area (Å²) in [6.07, 6.45) is 0.558. The second kappa shape index (κ2) is 4.11. The quantitative estimate of drug-likeness (QED) is 0.811. The van der Waals surface area contributed by atoms with Gasteiger partial charge in [-0.25, -0.2) is 4.98 Å². The van der Waals surface area contributed by atoms with Crippen LogP contribution in [0.2, 0.25) is 5.15 Å². The van der Waals surface area contributed by atoms with Gasteiger partial charge in [0, 0.05) is 13.5 Å². The van der Waals surface area contributed by atoms with Gasteiger partial charge in [0.2, 0.25) is 0 Å². The molecule has 4 heteroatoms. The van der Waals surface area contributed by atoms with Gasteiger partial charge in [-0.2, -0.15) is 0 Å². The second-order valence-electron chi connectivity index (χ2n) is 3.39. The SMILES string of the molecule is CC(C)c1c(Cl)nc(CCO)n1C. The number of aliphatic hydroxyl groups is 1. The molecule has 1 aromatic rings. The van der Waals surface area contributed by atoms with Gasteiger partial charge < -0.3 is 9.67 Å². The van der Waals surface area contributed by atoms with Crippen LogP contribution in [0.5, 0.6) is 0 Å². The normalized spacial score (nSPS) is 11.2. The van der Waals surface area contributed by atoms with E-state index in [9.17, 15) is 0 Å². The Morgan fingerprint density at radius 1 is 1.54 bits per heavy atom. The van der Waals surface area contributed by atoms with E-state index in [1.807, 2.05) is 11.6 Å². The summed E-state index contributed by atoms with van der Waals surface area (Å²) < 4.78 is 1.96. The molecule has 1 aromatic heterocycles. The van der Waals surface area contributed by atoms with Crippen molar-refractivity contribution in [1.29, 1.82) is 0 Å².